The second-order valence-corrected chi connectivity index (χ2v) is 7.90. The molecule has 0 aromatic carbocycles. The third-order valence-electron chi connectivity index (χ3n) is 4.52. The molecule has 2 N–H and O–H groups in total. The number of hydrogen-bond acceptors (Lipinski definition) is 5. The molecule has 0 heterocycles. The summed E-state index contributed by atoms with van der Waals surface area (Å²) in [5.74, 6) is -1.87. The minimum atomic E-state index is -1.70. The Bertz CT molecular complexity index is 726. The van der Waals surface area contributed by atoms with Crippen LogP contribution in [0.15, 0.2) is 46.0 Å². The molecule has 150 valence electrons. The fourth-order valence-corrected chi connectivity index (χ4v) is 2.96. The van der Waals surface area contributed by atoms with Crippen molar-refractivity contribution in [1.82, 2.24) is 0 Å². The number of carbonyl (C=O) groups excluding carboxylic acids is 2. The molecule has 0 saturated carbocycles. The van der Waals surface area contributed by atoms with Gasteiger partial charge in [-0.3, -0.25) is 9.59 Å². The molecule has 0 aromatic heterocycles. The Labute approximate surface area is 162 Å². The van der Waals surface area contributed by atoms with Gasteiger partial charge in [-0.15, -0.1) is 0 Å². The first kappa shape index (κ1) is 22.9. The van der Waals surface area contributed by atoms with Crippen LogP contribution >= 0.6 is 0 Å². The van der Waals surface area contributed by atoms with Gasteiger partial charge in [-0.2, -0.15) is 0 Å². The summed E-state index contributed by atoms with van der Waals surface area (Å²) in [5, 5.41) is 21.6. The highest BCUT2D eigenvalue weighted by molar-refractivity contribution is 6.25. The van der Waals surface area contributed by atoms with Gasteiger partial charge in [0.25, 0.3) is 0 Å². The maximum absolute atomic E-state index is 13.2. The van der Waals surface area contributed by atoms with Crippen LogP contribution in [0.3, 0.4) is 0 Å². The number of Topliss-reactive ketones (excluding diaryl/α,β-unsaturated/α-hetero) is 2. The number of rotatable bonds is 8. The maximum Gasteiger partial charge on any atom is 0.210 e. The lowest BCUT2D eigenvalue weighted by Gasteiger charge is -2.35. The van der Waals surface area contributed by atoms with Crippen LogP contribution in [0.4, 0.5) is 0 Å². The van der Waals surface area contributed by atoms with Crippen molar-refractivity contribution in [2.24, 2.45) is 5.92 Å². The van der Waals surface area contributed by atoms with Gasteiger partial charge in [0.2, 0.25) is 5.78 Å². The predicted octanol–water partition coefficient (Wildman–Crippen LogP) is 4.91. The van der Waals surface area contributed by atoms with Crippen LogP contribution in [0.1, 0.15) is 60.8 Å². The van der Waals surface area contributed by atoms with E-state index < -0.39 is 22.9 Å². The van der Waals surface area contributed by atoms with E-state index in [1.54, 1.807) is 6.08 Å². The number of ketones is 2. The average molecular weight is 376 g/mol. The third kappa shape index (κ3) is 4.98. The van der Waals surface area contributed by atoms with Crippen molar-refractivity contribution < 1.29 is 24.5 Å². The first-order valence-electron chi connectivity index (χ1n) is 9.24. The van der Waals surface area contributed by atoms with Gasteiger partial charge in [0.1, 0.15) is 17.1 Å². The van der Waals surface area contributed by atoms with Gasteiger partial charge in [-0.1, -0.05) is 37.1 Å². The normalized spacial score (nSPS) is 20.2. The number of aliphatic hydroxyl groups is 2. The van der Waals surface area contributed by atoms with Crippen molar-refractivity contribution >= 4 is 11.6 Å². The van der Waals surface area contributed by atoms with E-state index in [9.17, 15) is 19.8 Å². The van der Waals surface area contributed by atoms with E-state index in [0.29, 0.717) is 0 Å². The second kappa shape index (κ2) is 9.18. The molecular formula is C22H32O5. The number of allylic oxidation sites excluding steroid dienone is 4. The van der Waals surface area contributed by atoms with Crippen LogP contribution in [0.25, 0.3) is 0 Å². The molecule has 0 spiro atoms. The fraction of sp³-hybridized carbons (Fsp3) is 0.545. The Kier molecular flexibility index (Phi) is 7.78. The zero-order chi connectivity index (χ0) is 20.9. The lowest BCUT2D eigenvalue weighted by Crippen LogP contribution is -2.48. The zero-order valence-electron chi connectivity index (χ0n) is 17.5. The molecule has 27 heavy (non-hydrogen) atoms. The third-order valence-corrected chi connectivity index (χ3v) is 4.52. The molecule has 5 heteroatoms. The Morgan fingerprint density at radius 2 is 1.67 bits per heavy atom. The Morgan fingerprint density at radius 3 is 2.11 bits per heavy atom. The molecule has 0 fully saturated rings. The van der Waals surface area contributed by atoms with Gasteiger partial charge < -0.3 is 14.9 Å². The monoisotopic (exact) mass is 376 g/mol. The van der Waals surface area contributed by atoms with Crippen LogP contribution in [-0.2, 0) is 14.3 Å². The molecule has 5 nitrogen and oxygen atoms in total. The summed E-state index contributed by atoms with van der Waals surface area (Å²) in [6.45, 7) is 11.3. The molecule has 1 aliphatic carbocycles. The molecule has 1 rings (SSSR count). The number of aliphatic hydroxyl groups excluding tert-OH is 2. The molecular weight excluding hydrogens is 344 g/mol. The van der Waals surface area contributed by atoms with Crippen molar-refractivity contribution in [2.75, 3.05) is 7.11 Å². The molecule has 0 unspecified atom stereocenters. The van der Waals surface area contributed by atoms with Gasteiger partial charge >= 0.3 is 0 Å². The molecule has 0 bridgehead atoms. The van der Waals surface area contributed by atoms with Crippen LogP contribution in [0, 0.1) is 5.92 Å². The molecule has 0 aliphatic heterocycles. The Hall–Kier alpha value is -2.14. The summed E-state index contributed by atoms with van der Waals surface area (Å²) in [5.41, 5.74) is 0.125. The van der Waals surface area contributed by atoms with E-state index in [1.165, 1.54) is 7.11 Å². The Balaban J connectivity index is 3.67. The first-order chi connectivity index (χ1) is 12.5. The maximum atomic E-state index is 13.2. The van der Waals surface area contributed by atoms with Crippen LogP contribution in [-0.4, -0.2) is 34.5 Å². The van der Waals surface area contributed by atoms with Gasteiger partial charge in [0.05, 0.1) is 0 Å². The summed E-state index contributed by atoms with van der Waals surface area (Å²) >= 11 is 0. The molecule has 1 aliphatic rings. The smallest absolute Gasteiger partial charge is 0.210 e. The van der Waals surface area contributed by atoms with Crippen molar-refractivity contribution in [3.63, 3.8) is 0 Å². The van der Waals surface area contributed by atoms with E-state index in [4.69, 9.17) is 4.74 Å². The molecule has 0 amide bonds. The highest BCUT2D eigenvalue weighted by atomic mass is 16.5. The quantitative estimate of drug-likeness (QED) is 0.465. The molecule has 0 saturated heterocycles. The van der Waals surface area contributed by atoms with Crippen molar-refractivity contribution in [3.8, 4) is 0 Å². The number of methoxy groups -OCH3 is 1. The van der Waals surface area contributed by atoms with E-state index in [1.807, 2.05) is 47.6 Å². The number of ether oxygens (including phenoxy) is 1. The van der Waals surface area contributed by atoms with E-state index >= 15 is 0 Å². The van der Waals surface area contributed by atoms with E-state index in [0.717, 1.165) is 11.1 Å². The number of carbonyl (C=O) groups is 2. The van der Waals surface area contributed by atoms with Crippen LogP contribution in [0.5, 0.6) is 0 Å². The SMILES string of the molecule is CO[C@]1(CC=C(C)C)C(=O)C(C(=O)CC(C)C)=C(O)C(CC=C(C)C)=C1O. The lowest BCUT2D eigenvalue weighted by atomic mass is 9.76. The minimum absolute atomic E-state index is 0.0288. The Morgan fingerprint density at radius 1 is 1.11 bits per heavy atom. The summed E-state index contributed by atoms with van der Waals surface area (Å²) in [4.78, 5) is 25.9. The summed E-state index contributed by atoms with van der Waals surface area (Å²) in [7, 11) is 1.33. The lowest BCUT2D eigenvalue weighted by molar-refractivity contribution is -0.138. The van der Waals surface area contributed by atoms with E-state index in [2.05, 4.69) is 0 Å². The second-order valence-electron chi connectivity index (χ2n) is 7.90. The zero-order valence-corrected chi connectivity index (χ0v) is 17.5. The van der Waals surface area contributed by atoms with Crippen molar-refractivity contribution in [2.45, 2.75) is 66.4 Å². The summed E-state index contributed by atoms with van der Waals surface area (Å²) < 4.78 is 5.50. The minimum Gasteiger partial charge on any atom is -0.508 e. The molecule has 1 atom stereocenters. The van der Waals surface area contributed by atoms with Crippen molar-refractivity contribution in [1.29, 1.82) is 0 Å². The topological polar surface area (TPSA) is 83.8 Å². The largest absolute Gasteiger partial charge is 0.508 e. The molecule has 0 radical (unpaired) electrons. The summed E-state index contributed by atoms with van der Waals surface area (Å²) in [6, 6.07) is 0. The molecule has 0 aromatic rings. The summed E-state index contributed by atoms with van der Waals surface area (Å²) in [6.07, 6.45) is 4.02. The van der Waals surface area contributed by atoms with Crippen LogP contribution in [0.2, 0.25) is 0 Å². The van der Waals surface area contributed by atoms with Gasteiger partial charge in [-0.05, 0) is 40.0 Å². The van der Waals surface area contributed by atoms with Gasteiger partial charge in [0.15, 0.2) is 11.4 Å². The average Bonchev–Trinajstić information content (AvgIpc) is 2.54. The highest BCUT2D eigenvalue weighted by Crippen LogP contribution is 2.40. The highest BCUT2D eigenvalue weighted by Gasteiger charge is 2.51. The van der Waals surface area contributed by atoms with Gasteiger partial charge in [0, 0.05) is 25.5 Å². The van der Waals surface area contributed by atoms with E-state index in [-0.39, 0.29) is 42.1 Å². The fourth-order valence-electron chi connectivity index (χ4n) is 2.96. The van der Waals surface area contributed by atoms with Crippen LogP contribution < -0.4 is 0 Å². The van der Waals surface area contributed by atoms with Crippen molar-refractivity contribution in [3.05, 3.63) is 46.0 Å². The number of hydrogen-bond donors (Lipinski definition) is 2. The standard InChI is InChI=1S/C22H32O5/c1-13(2)8-9-16-19(24)18(17(23)12-15(5)6)21(26)22(27-7,20(16)25)11-10-14(3)4/h8,10,15,24-25H,9,11-12H2,1-7H3/t22-/m0/s1. The predicted molar refractivity (Wildman–Crippen MR) is 107 cm³/mol. The van der Waals surface area contributed by atoms with Gasteiger partial charge in [-0.25, -0.2) is 0 Å². The first-order valence-corrected chi connectivity index (χ1v) is 9.24.